The maximum Gasteiger partial charge on any atom is 0.216 e. The Hall–Kier alpha value is -4.29. The quantitative estimate of drug-likeness (QED) is 0.128. The topological polar surface area (TPSA) is 51.8 Å². The Balaban J connectivity index is 0.000000205. The number of fused-ring (bicyclic) bond motifs is 3. The number of aromatic nitrogens is 3. The summed E-state index contributed by atoms with van der Waals surface area (Å²) in [7, 11) is -1.37. The summed E-state index contributed by atoms with van der Waals surface area (Å²) in [6, 6.07) is 29.9. The van der Waals surface area contributed by atoms with Crippen molar-refractivity contribution in [2.45, 2.75) is 67.6 Å². The first kappa shape index (κ1) is 37.9. The van der Waals surface area contributed by atoms with Crippen LogP contribution in [0.2, 0.25) is 19.6 Å². The van der Waals surface area contributed by atoms with Gasteiger partial charge < -0.3 is 14.4 Å². The molecule has 0 fully saturated rings. The van der Waals surface area contributed by atoms with Crippen molar-refractivity contribution >= 4 is 35.3 Å². The van der Waals surface area contributed by atoms with Crippen molar-refractivity contribution < 1.29 is 28.9 Å². The monoisotopic (exact) mass is 870 g/mol. The zero-order chi connectivity index (χ0) is 35.8. The van der Waals surface area contributed by atoms with Crippen molar-refractivity contribution in [3.63, 3.8) is 0 Å². The third-order valence-electron chi connectivity index (χ3n) is 8.76. The second-order valence-corrected chi connectivity index (χ2v) is 20.4. The van der Waals surface area contributed by atoms with Gasteiger partial charge in [-0.15, -0.1) is 48.0 Å². The summed E-state index contributed by atoms with van der Waals surface area (Å²) in [5.74, 6) is -0.378. The van der Waals surface area contributed by atoms with Crippen molar-refractivity contribution in [2.75, 3.05) is 0 Å². The fourth-order valence-corrected chi connectivity index (χ4v) is 8.33. The van der Waals surface area contributed by atoms with Crippen LogP contribution in [-0.4, -0.2) is 23.0 Å². The minimum atomic E-state index is -1.37. The van der Waals surface area contributed by atoms with Crippen LogP contribution in [0.25, 0.3) is 55.7 Å². The van der Waals surface area contributed by atoms with Gasteiger partial charge in [0.15, 0.2) is 0 Å². The molecule has 51 heavy (non-hydrogen) atoms. The van der Waals surface area contributed by atoms with Crippen LogP contribution in [0.3, 0.4) is 0 Å². The maximum atomic E-state index is 14.6. The Bertz CT molecular complexity index is 2300. The Labute approximate surface area is 316 Å². The van der Waals surface area contributed by atoms with E-state index in [0.29, 0.717) is 33.3 Å². The molecule has 0 aliphatic rings. The Morgan fingerprint density at radius 1 is 0.824 bits per heavy atom. The first-order valence-corrected chi connectivity index (χ1v) is 20.6. The first-order valence-electron chi connectivity index (χ1n) is 17.1. The smallest absolute Gasteiger partial charge is 0.216 e. The van der Waals surface area contributed by atoms with Crippen molar-refractivity contribution in [1.82, 2.24) is 15.0 Å². The van der Waals surface area contributed by atoms with Crippen molar-refractivity contribution in [3.8, 4) is 33.6 Å². The molecule has 0 saturated carbocycles. The van der Waals surface area contributed by atoms with Gasteiger partial charge in [-0.05, 0) is 95.0 Å². The van der Waals surface area contributed by atoms with E-state index in [1.165, 1.54) is 39.1 Å². The summed E-state index contributed by atoms with van der Waals surface area (Å²) in [5, 5.41) is 2.55. The van der Waals surface area contributed by atoms with E-state index in [2.05, 4.69) is 114 Å². The number of benzene rings is 3. The van der Waals surface area contributed by atoms with Crippen LogP contribution in [0.5, 0.6) is 0 Å². The van der Waals surface area contributed by atoms with E-state index in [4.69, 9.17) is 9.40 Å². The molecule has 0 saturated heterocycles. The van der Waals surface area contributed by atoms with Crippen LogP contribution in [0.15, 0.2) is 95.8 Å². The Morgan fingerprint density at radius 2 is 1.57 bits per heavy atom. The van der Waals surface area contributed by atoms with Crippen LogP contribution in [-0.2, 0) is 26.5 Å². The number of halogens is 1. The molecule has 0 bridgehead atoms. The summed E-state index contributed by atoms with van der Waals surface area (Å²) in [4.78, 5) is 13.5. The summed E-state index contributed by atoms with van der Waals surface area (Å²) in [5.41, 5.74) is 11.9. The predicted molar refractivity (Wildman–Crippen MR) is 208 cm³/mol. The largest absolute Gasteiger partial charge is 0.486 e. The van der Waals surface area contributed by atoms with E-state index in [9.17, 15) is 4.39 Å². The van der Waals surface area contributed by atoms with E-state index in [-0.39, 0.29) is 31.3 Å². The van der Waals surface area contributed by atoms with E-state index >= 15 is 0 Å². The van der Waals surface area contributed by atoms with Gasteiger partial charge in [0.05, 0.1) is 13.7 Å². The van der Waals surface area contributed by atoms with E-state index in [0.717, 1.165) is 23.2 Å². The standard InChI is InChI=1S/C25H18FN2O.C19H26NSi.Ir/c1-14-11-15(2)22(16(3)12-14)17-8-10-27-21(13-17)18-6-7-20(26)23-19-5-4-9-28-25(19)29-24(18)23;1-19(2,3)13-16-12-17(15-10-8-7-9-11-15)20-14-18(16)21(4,5)6;/h4-5,7-13H,1-3H3;7-10,12,14H,13H2,1-6H3;/q2*-1;. The molecule has 7 heteroatoms. The van der Waals surface area contributed by atoms with Gasteiger partial charge in [0.2, 0.25) is 5.71 Å². The maximum absolute atomic E-state index is 14.6. The molecule has 0 unspecified atom stereocenters. The van der Waals surface area contributed by atoms with Crippen molar-refractivity contribution in [2.24, 2.45) is 5.41 Å². The second-order valence-electron chi connectivity index (χ2n) is 15.4. The van der Waals surface area contributed by atoms with Gasteiger partial charge in [-0.25, -0.2) is 4.98 Å². The van der Waals surface area contributed by atoms with E-state index < -0.39 is 8.07 Å². The molecule has 3 aromatic carbocycles. The first-order chi connectivity index (χ1) is 23.7. The van der Waals surface area contributed by atoms with Gasteiger partial charge in [0, 0.05) is 49.9 Å². The minimum Gasteiger partial charge on any atom is -0.486 e. The van der Waals surface area contributed by atoms with Crippen LogP contribution in [0.1, 0.15) is 43.0 Å². The molecule has 7 aromatic rings. The predicted octanol–water partition coefficient (Wildman–Crippen LogP) is 11.3. The molecule has 0 atom stereocenters. The number of hydrogen-bond donors (Lipinski definition) is 0. The molecule has 263 valence electrons. The fraction of sp³-hybridized carbons (Fsp3) is 0.250. The number of rotatable bonds is 5. The Kier molecular flexibility index (Phi) is 11.3. The van der Waals surface area contributed by atoms with Crippen LogP contribution < -0.4 is 5.19 Å². The normalized spacial score (nSPS) is 11.6. The third-order valence-corrected chi connectivity index (χ3v) is 10.8. The zero-order valence-electron chi connectivity index (χ0n) is 30.8. The molecule has 4 nitrogen and oxygen atoms in total. The molecule has 7 rings (SSSR count). The molecule has 0 aliphatic heterocycles. The van der Waals surface area contributed by atoms with Gasteiger partial charge in [0.1, 0.15) is 0 Å². The number of aryl methyl sites for hydroxylation is 3. The van der Waals surface area contributed by atoms with Gasteiger partial charge >= 0.3 is 0 Å². The zero-order valence-corrected chi connectivity index (χ0v) is 34.2. The van der Waals surface area contributed by atoms with E-state index in [1.807, 2.05) is 36.4 Å². The van der Waals surface area contributed by atoms with Gasteiger partial charge in [-0.2, -0.15) is 0 Å². The average Bonchev–Trinajstić information content (AvgIpc) is 3.45. The molecule has 4 heterocycles. The summed E-state index contributed by atoms with van der Waals surface area (Å²) < 4.78 is 20.5. The molecule has 0 amide bonds. The molecule has 0 aliphatic carbocycles. The Morgan fingerprint density at radius 3 is 2.24 bits per heavy atom. The van der Waals surface area contributed by atoms with Crippen molar-refractivity contribution in [1.29, 1.82) is 0 Å². The number of pyridine rings is 3. The summed E-state index contributed by atoms with van der Waals surface area (Å²) >= 11 is 0. The molecule has 4 aromatic heterocycles. The number of furan rings is 1. The van der Waals surface area contributed by atoms with Gasteiger partial charge in [-0.3, -0.25) is 4.39 Å². The molecular formula is C44H44FIrN3OSi-2. The number of nitrogens with zero attached hydrogens (tertiary/aromatic N) is 3. The molecular weight excluding hydrogens is 826 g/mol. The molecule has 1 radical (unpaired) electrons. The second kappa shape index (κ2) is 15.1. The third kappa shape index (κ3) is 8.44. The summed E-state index contributed by atoms with van der Waals surface area (Å²) in [6.07, 6.45) is 6.61. The van der Waals surface area contributed by atoms with Crippen LogP contribution >= 0.6 is 0 Å². The van der Waals surface area contributed by atoms with Crippen LogP contribution in [0.4, 0.5) is 4.39 Å². The van der Waals surface area contributed by atoms with Crippen molar-refractivity contribution in [3.05, 3.63) is 132 Å². The summed E-state index contributed by atoms with van der Waals surface area (Å²) in [6.45, 7) is 20.4. The fourth-order valence-electron chi connectivity index (χ4n) is 6.76. The van der Waals surface area contributed by atoms with E-state index in [1.54, 1.807) is 18.5 Å². The SMILES string of the molecule is CC(C)(C)Cc1cc(-c2[c-]cccc2)ncc1[Si](C)(C)C.Cc1cc(C)c(-c2ccnc(-c3[c-]cc(F)c4c3oc3ncccc34)c2)c(C)c1.[Ir]. The van der Waals surface area contributed by atoms with Crippen LogP contribution in [0, 0.1) is 44.1 Å². The van der Waals surface area contributed by atoms with Gasteiger partial charge in [0.25, 0.3) is 0 Å². The number of hydrogen-bond acceptors (Lipinski definition) is 4. The molecule has 0 spiro atoms. The van der Waals surface area contributed by atoms with Gasteiger partial charge in [-0.1, -0.05) is 81.4 Å². The minimum absolute atomic E-state index is 0. The molecule has 0 N–H and O–H groups in total. The average molecular weight is 870 g/mol.